The van der Waals surface area contributed by atoms with Crippen LogP contribution in [0.4, 0.5) is 0 Å². The highest BCUT2D eigenvalue weighted by atomic mass is 35.5. The summed E-state index contributed by atoms with van der Waals surface area (Å²) in [6.45, 7) is 1.42. The van der Waals surface area contributed by atoms with Gasteiger partial charge in [0.25, 0.3) is 5.91 Å². The highest BCUT2D eigenvalue weighted by molar-refractivity contribution is 7.12. The fourth-order valence-corrected chi connectivity index (χ4v) is 3.69. The average molecular weight is 376 g/mol. The van der Waals surface area contributed by atoms with Gasteiger partial charge in [-0.15, -0.1) is 11.3 Å². The van der Waals surface area contributed by atoms with Crippen molar-refractivity contribution in [3.63, 3.8) is 0 Å². The standard InChI is InChI=1S/C18H18ClN3O2S/c1-12(23)21(2)11-18(24)22-16(13-6-3-4-7-14(13)19)10-15(20-22)17-8-5-9-25-17/h3-9,16H,10-11H2,1-2H3/t16-/m0/s1. The second-order valence-corrected chi connectivity index (χ2v) is 7.23. The van der Waals surface area contributed by atoms with Crippen LogP contribution in [0.3, 0.4) is 0 Å². The fraction of sp³-hybridized carbons (Fsp3) is 0.278. The maximum atomic E-state index is 12.8. The van der Waals surface area contributed by atoms with Crippen molar-refractivity contribution in [2.45, 2.75) is 19.4 Å². The van der Waals surface area contributed by atoms with Crippen LogP contribution < -0.4 is 0 Å². The Hall–Kier alpha value is -2.18. The van der Waals surface area contributed by atoms with E-state index in [4.69, 9.17) is 11.6 Å². The van der Waals surface area contributed by atoms with Gasteiger partial charge in [-0.2, -0.15) is 5.10 Å². The number of halogens is 1. The molecule has 5 nitrogen and oxygen atoms in total. The number of thiophene rings is 1. The van der Waals surface area contributed by atoms with Crippen molar-refractivity contribution >= 4 is 40.5 Å². The van der Waals surface area contributed by atoms with E-state index in [1.165, 1.54) is 16.8 Å². The summed E-state index contributed by atoms with van der Waals surface area (Å²) >= 11 is 7.94. The number of carbonyl (C=O) groups excluding carboxylic acids is 2. The molecule has 0 aliphatic carbocycles. The third-order valence-electron chi connectivity index (χ3n) is 4.15. The molecule has 0 fully saturated rings. The number of hydrazone groups is 1. The monoisotopic (exact) mass is 375 g/mol. The van der Waals surface area contributed by atoms with E-state index >= 15 is 0 Å². The molecule has 1 aliphatic heterocycles. The second-order valence-electron chi connectivity index (χ2n) is 5.88. The SMILES string of the molecule is CC(=O)N(C)CC(=O)N1N=C(c2cccs2)C[C@H]1c1ccccc1Cl. The summed E-state index contributed by atoms with van der Waals surface area (Å²) in [4.78, 5) is 26.6. The number of nitrogens with zero attached hydrogens (tertiary/aromatic N) is 3. The number of amides is 2. The van der Waals surface area contributed by atoms with Gasteiger partial charge in [0.15, 0.2) is 0 Å². The third kappa shape index (κ3) is 3.75. The first-order valence-corrected chi connectivity index (χ1v) is 9.12. The fourth-order valence-electron chi connectivity index (χ4n) is 2.71. The molecule has 130 valence electrons. The minimum atomic E-state index is -0.265. The van der Waals surface area contributed by atoms with Crippen molar-refractivity contribution < 1.29 is 9.59 Å². The molecule has 25 heavy (non-hydrogen) atoms. The highest BCUT2D eigenvalue weighted by Crippen LogP contribution is 2.36. The van der Waals surface area contributed by atoms with Gasteiger partial charge in [-0.05, 0) is 23.1 Å². The summed E-state index contributed by atoms with van der Waals surface area (Å²) in [6, 6.07) is 11.2. The Bertz CT molecular complexity index is 819. The highest BCUT2D eigenvalue weighted by Gasteiger charge is 2.34. The number of likely N-dealkylation sites (N-methyl/N-ethyl adjacent to an activating group) is 1. The largest absolute Gasteiger partial charge is 0.337 e. The number of rotatable bonds is 4. The van der Waals surface area contributed by atoms with Crippen LogP contribution in [0.2, 0.25) is 5.02 Å². The Morgan fingerprint density at radius 3 is 2.72 bits per heavy atom. The Morgan fingerprint density at radius 1 is 1.32 bits per heavy atom. The van der Waals surface area contributed by atoms with Crippen LogP contribution in [-0.2, 0) is 9.59 Å². The van der Waals surface area contributed by atoms with Crippen LogP contribution in [0.5, 0.6) is 0 Å². The summed E-state index contributed by atoms with van der Waals surface area (Å²) in [6.07, 6.45) is 0.597. The van der Waals surface area contributed by atoms with Crippen LogP contribution >= 0.6 is 22.9 Å². The Kier molecular flexibility index (Phi) is 5.20. The molecular weight excluding hydrogens is 358 g/mol. The topological polar surface area (TPSA) is 53.0 Å². The van der Waals surface area contributed by atoms with Crippen LogP contribution in [0.25, 0.3) is 0 Å². The van der Waals surface area contributed by atoms with Crippen LogP contribution in [0.15, 0.2) is 46.9 Å². The van der Waals surface area contributed by atoms with E-state index in [-0.39, 0.29) is 24.4 Å². The summed E-state index contributed by atoms with van der Waals surface area (Å²) in [7, 11) is 1.60. The maximum Gasteiger partial charge on any atom is 0.262 e. The Morgan fingerprint density at radius 2 is 2.08 bits per heavy atom. The van der Waals surface area contributed by atoms with Crippen molar-refractivity contribution in [1.29, 1.82) is 0 Å². The Balaban J connectivity index is 1.92. The summed E-state index contributed by atoms with van der Waals surface area (Å²) in [5.41, 5.74) is 1.72. The van der Waals surface area contributed by atoms with Crippen molar-refractivity contribution in [1.82, 2.24) is 9.91 Å². The van der Waals surface area contributed by atoms with E-state index < -0.39 is 0 Å². The van der Waals surface area contributed by atoms with E-state index in [9.17, 15) is 9.59 Å². The van der Waals surface area contributed by atoms with Gasteiger partial charge in [0.05, 0.1) is 16.6 Å². The molecule has 2 heterocycles. The molecule has 1 aliphatic rings. The predicted molar refractivity (Wildman–Crippen MR) is 99.8 cm³/mol. The molecule has 1 aromatic carbocycles. The molecule has 0 saturated heterocycles. The van der Waals surface area contributed by atoms with Crippen LogP contribution in [0.1, 0.15) is 29.8 Å². The summed E-state index contributed by atoms with van der Waals surface area (Å²) in [5.74, 6) is -0.390. The normalized spacial score (nSPS) is 16.7. The first kappa shape index (κ1) is 17.6. The minimum absolute atomic E-state index is 0.0164. The van der Waals surface area contributed by atoms with Gasteiger partial charge < -0.3 is 4.90 Å². The van der Waals surface area contributed by atoms with E-state index in [0.29, 0.717) is 11.4 Å². The molecule has 1 aromatic heterocycles. The van der Waals surface area contributed by atoms with Gasteiger partial charge in [0.1, 0.15) is 6.54 Å². The molecule has 1 atom stereocenters. The van der Waals surface area contributed by atoms with Gasteiger partial charge in [0, 0.05) is 25.4 Å². The maximum absolute atomic E-state index is 12.8. The van der Waals surface area contributed by atoms with E-state index in [0.717, 1.165) is 16.2 Å². The quantitative estimate of drug-likeness (QED) is 0.820. The lowest BCUT2D eigenvalue weighted by molar-refractivity contribution is -0.139. The lowest BCUT2D eigenvalue weighted by Crippen LogP contribution is -2.38. The second kappa shape index (κ2) is 7.37. The zero-order chi connectivity index (χ0) is 18.0. The van der Waals surface area contributed by atoms with Gasteiger partial charge in [0.2, 0.25) is 5.91 Å². The van der Waals surface area contributed by atoms with E-state index in [2.05, 4.69) is 5.10 Å². The molecular formula is C18H18ClN3O2S. The molecule has 0 bridgehead atoms. The number of hydrogen-bond donors (Lipinski definition) is 0. The molecule has 2 aromatic rings. The lowest BCUT2D eigenvalue weighted by atomic mass is 10.0. The van der Waals surface area contributed by atoms with Crippen LogP contribution in [-0.4, -0.2) is 41.0 Å². The molecule has 0 spiro atoms. The lowest BCUT2D eigenvalue weighted by Gasteiger charge is -2.25. The molecule has 3 rings (SSSR count). The van der Waals surface area contributed by atoms with Crippen molar-refractivity contribution in [2.75, 3.05) is 13.6 Å². The molecule has 0 saturated carbocycles. The van der Waals surface area contributed by atoms with Crippen molar-refractivity contribution in [2.24, 2.45) is 5.10 Å². The summed E-state index contributed by atoms with van der Waals surface area (Å²) < 4.78 is 0. The average Bonchev–Trinajstić information content (AvgIpc) is 3.24. The van der Waals surface area contributed by atoms with E-state index in [1.807, 2.05) is 41.8 Å². The zero-order valence-electron chi connectivity index (χ0n) is 14.0. The molecule has 0 N–H and O–H groups in total. The first-order valence-electron chi connectivity index (χ1n) is 7.87. The van der Waals surface area contributed by atoms with E-state index in [1.54, 1.807) is 18.4 Å². The third-order valence-corrected chi connectivity index (χ3v) is 5.41. The number of hydrogen-bond acceptors (Lipinski definition) is 4. The van der Waals surface area contributed by atoms with Gasteiger partial charge in [-0.25, -0.2) is 5.01 Å². The zero-order valence-corrected chi connectivity index (χ0v) is 15.5. The molecule has 0 unspecified atom stereocenters. The number of carbonyl (C=O) groups is 2. The van der Waals surface area contributed by atoms with Gasteiger partial charge in [-0.3, -0.25) is 9.59 Å². The Labute approximate surface area is 155 Å². The molecule has 7 heteroatoms. The van der Waals surface area contributed by atoms with Crippen molar-refractivity contribution in [3.05, 3.63) is 57.2 Å². The number of benzene rings is 1. The smallest absolute Gasteiger partial charge is 0.262 e. The van der Waals surface area contributed by atoms with Crippen LogP contribution in [0, 0.1) is 0 Å². The molecule has 0 radical (unpaired) electrons. The minimum Gasteiger partial charge on any atom is -0.337 e. The van der Waals surface area contributed by atoms with Crippen molar-refractivity contribution in [3.8, 4) is 0 Å². The molecule has 2 amide bonds. The first-order chi connectivity index (χ1) is 12.0. The predicted octanol–water partition coefficient (Wildman–Crippen LogP) is 3.56. The van der Waals surface area contributed by atoms with Gasteiger partial charge in [-0.1, -0.05) is 35.9 Å². The summed E-state index contributed by atoms with van der Waals surface area (Å²) in [5, 5.41) is 8.61. The van der Waals surface area contributed by atoms with Gasteiger partial charge >= 0.3 is 0 Å².